The lowest BCUT2D eigenvalue weighted by Gasteiger charge is -2.26. The number of rotatable bonds is 3. The van der Waals surface area contributed by atoms with Crippen LogP contribution >= 0.6 is 0 Å². The molecule has 0 saturated carbocycles. The molecule has 21 heavy (non-hydrogen) atoms. The van der Waals surface area contributed by atoms with Gasteiger partial charge in [-0.15, -0.1) is 0 Å². The zero-order valence-corrected chi connectivity index (χ0v) is 14.0. The lowest BCUT2D eigenvalue weighted by atomic mass is 9.95. The Morgan fingerprint density at radius 1 is 1.29 bits per heavy atom. The summed E-state index contributed by atoms with van der Waals surface area (Å²) in [5.74, 6) is 0. The fraction of sp³-hybridized carbons (Fsp3) is 0.875. The Bertz CT molecular complexity index is 393. The summed E-state index contributed by atoms with van der Waals surface area (Å²) >= 11 is 0. The van der Waals surface area contributed by atoms with Gasteiger partial charge in [0.1, 0.15) is 5.60 Å². The molecule has 1 rings (SSSR count). The fourth-order valence-electron chi connectivity index (χ4n) is 2.25. The van der Waals surface area contributed by atoms with Crippen LogP contribution in [0.1, 0.15) is 53.9 Å². The molecule has 0 bridgehead atoms. The molecule has 0 spiro atoms. The van der Waals surface area contributed by atoms with Crippen molar-refractivity contribution in [1.82, 2.24) is 10.2 Å². The minimum atomic E-state index is -0.447. The van der Waals surface area contributed by atoms with Crippen LogP contribution in [0.15, 0.2) is 0 Å². The fourth-order valence-corrected chi connectivity index (χ4v) is 2.25. The molecule has 1 unspecified atom stereocenters. The molecule has 1 saturated heterocycles. The SMILES string of the molecule is CC(C)(C#N)CNC1CCCN(C(=O)OC(C)(C)C)CC1. The smallest absolute Gasteiger partial charge is 0.410 e. The van der Waals surface area contributed by atoms with Gasteiger partial charge in [0.2, 0.25) is 0 Å². The van der Waals surface area contributed by atoms with Gasteiger partial charge < -0.3 is 15.0 Å². The van der Waals surface area contributed by atoms with E-state index in [1.54, 1.807) is 4.90 Å². The number of carbonyl (C=O) groups excluding carboxylic acids is 1. The molecule has 0 aromatic heterocycles. The highest BCUT2D eigenvalue weighted by atomic mass is 16.6. The molecular formula is C16H29N3O2. The standard InChI is InChI=1S/C16H29N3O2/c1-15(2,3)21-14(20)19-9-6-7-13(8-10-19)18-12-16(4,5)11-17/h13,18H,6-10,12H2,1-5H3. The Balaban J connectivity index is 2.44. The summed E-state index contributed by atoms with van der Waals surface area (Å²) < 4.78 is 5.42. The van der Waals surface area contributed by atoms with E-state index >= 15 is 0 Å². The zero-order valence-electron chi connectivity index (χ0n) is 14.0. The first kappa shape index (κ1) is 17.8. The van der Waals surface area contributed by atoms with Gasteiger partial charge in [-0.2, -0.15) is 5.26 Å². The van der Waals surface area contributed by atoms with Gasteiger partial charge in [-0.3, -0.25) is 0 Å². The minimum absolute atomic E-state index is 0.222. The van der Waals surface area contributed by atoms with Gasteiger partial charge in [0.15, 0.2) is 0 Å². The molecule has 0 aliphatic carbocycles. The molecule has 1 atom stereocenters. The van der Waals surface area contributed by atoms with Crippen LogP contribution in [-0.4, -0.2) is 42.3 Å². The summed E-state index contributed by atoms with van der Waals surface area (Å²) in [6, 6.07) is 2.67. The van der Waals surface area contributed by atoms with Crippen molar-refractivity contribution >= 4 is 6.09 Å². The summed E-state index contributed by atoms with van der Waals surface area (Å²) in [7, 11) is 0. The third-order valence-electron chi connectivity index (χ3n) is 3.52. The first-order valence-corrected chi connectivity index (χ1v) is 7.75. The maximum Gasteiger partial charge on any atom is 0.410 e. The second kappa shape index (κ2) is 7.13. The van der Waals surface area contributed by atoms with Crippen molar-refractivity contribution in [3.8, 4) is 6.07 Å². The Morgan fingerprint density at radius 3 is 2.52 bits per heavy atom. The first-order valence-electron chi connectivity index (χ1n) is 7.75. The summed E-state index contributed by atoms with van der Waals surface area (Å²) in [5.41, 5.74) is -0.797. The average molecular weight is 295 g/mol. The van der Waals surface area contributed by atoms with Crippen LogP contribution in [0.5, 0.6) is 0 Å². The maximum atomic E-state index is 12.1. The first-order chi connectivity index (χ1) is 9.63. The quantitative estimate of drug-likeness (QED) is 0.869. The summed E-state index contributed by atoms with van der Waals surface area (Å²) in [4.78, 5) is 13.9. The van der Waals surface area contributed by atoms with Crippen molar-refractivity contribution in [3.63, 3.8) is 0 Å². The Kier molecular flexibility index (Phi) is 6.03. The van der Waals surface area contributed by atoms with Crippen LogP contribution in [0.4, 0.5) is 4.79 Å². The van der Waals surface area contributed by atoms with Gasteiger partial charge in [-0.05, 0) is 53.9 Å². The normalized spacial score (nSPS) is 20.6. The van der Waals surface area contributed by atoms with E-state index < -0.39 is 5.60 Å². The van der Waals surface area contributed by atoms with Crippen LogP contribution in [0.25, 0.3) is 0 Å². The number of hydrogen-bond donors (Lipinski definition) is 1. The molecule has 0 aromatic carbocycles. The number of nitriles is 1. The molecule has 1 fully saturated rings. The summed E-state index contributed by atoms with van der Waals surface area (Å²) in [6.45, 7) is 11.7. The van der Waals surface area contributed by atoms with E-state index in [1.807, 2.05) is 34.6 Å². The topological polar surface area (TPSA) is 65.4 Å². The zero-order chi connectivity index (χ0) is 16.1. The molecule has 1 aliphatic heterocycles. The molecule has 0 radical (unpaired) electrons. The third kappa shape index (κ3) is 6.81. The van der Waals surface area contributed by atoms with Crippen molar-refractivity contribution in [2.75, 3.05) is 19.6 Å². The number of likely N-dealkylation sites (tertiary alicyclic amines) is 1. The number of ether oxygens (including phenoxy) is 1. The average Bonchev–Trinajstić information content (AvgIpc) is 2.60. The van der Waals surface area contributed by atoms with Gasteiger partial charge in [0, 0.05) is 25.7 Å². The van der Waals surface area contributed by atoms with Crippen molar-refractivity contribution in [2.24, 2.45) is 5.41 Å². The second-order valence-electron chi connectivity index (χ2n) is 7.47. The molecule has 1 N–H and O–H groups in total. The second-order valence-corrected chi connectivity index (χ2v) is 7.47. The number of hydrogen-bond acceptors (Lipinski definition) is 4. The van der Waals surface area contributed by atoms with Gasteiger partial charge >= 0.3 is 6.09 Å². The van der Waals surface area contributed by atoms with Crippen LogP contribution in [-0.2, 0) is 4.74 Å². The lowest BCUT2D eigenvalue weighted by molar-refractivity contribution is 0.0256. The monoisotopic (exact) mass is 295 g/mol. The van der Waals surface area contributed by atoms with Gasteiger partial charge in [0.05, 0.1) is 11.5 Å². The lowest BCUT2D eigenvalue weighted by Crippen LogP contribution is -2.39. The Morgan fingerprint density at radius 2 is 1.95 bits per heavy atom. The van der Waals surface area contributed by atoms with Crippen LogP contribution < -0.4 is 5.32 Å². The number of nitrogens with zero attached hydrogens (tertiary/aromatic N) is 2. The molecular weight excluding hydrogens is 266 g/mol. The van der Waals surface area contributed by atoms with Crippen LogP contribution in [0, 0.1) is 16.7 Å². The molecule has 0 aromatic rings. The molecule has 1 aliphatic rings. The van der Waals surface area contributed by atoms with Gasteiger partial charge in [0.25, 0.3) is 0 Å². The van der Waals surface area contributed by atoms with Crippen LogP contribution in [0.3, 0.4) is 0 Å². The Labute approximate surface area is 128 Å². The highest BCUT2D eigenvalue weighted by molar-refractivity contribution is 5.68. The van der Waals surface area contributed by atoms with Crippen molar-refractivity contribution < 1.29 is 9.53 Å². The molecule has 1 heterocycles. The Hall–Kier alpha value is -1.28. The predicted molar refractivity (Wildman–Crippen MR) is 82.8 cm³/mol. The van der Waals surface area contributed by atoms with E-state index in [0.29, 0.717) is 19.1 Å². The largest absolute Gasteiger partial charge is 0.444 e. The van der Waals surface area contributed by atoms with Crippen molar-refractivity contribution in [1.29, 1.82) is 5.26 Å². The highest BCUT2D eigenvalue weighted by Gasteiger charge is 2.26. The molecule has 1 amide bonds. The van der Waals surface area contributed by atoms with Crippen molar-refractivity contribution in [3.05, 3.63) is 0 Å². The number of carbonyl (C=O) groups is 1. The van der Waals surface area contributed by atoms with E-state index in [-0.39, 0.29) is 11.5 Å². The van der Waals surface area contributed by atoms with E-state index in [4.69, 9.17) is 10.00 Å². The van der Waals surface area contributed by atoms with Crippen molar-refractivity contribution in [2.45, 2.75) is 65.5 Å². The molecule has 5 heteroatoms. The molecule has 5 nitrogen and oxygen atoms in total. The summed E-state index contributed by atoms with van der Waals surface area (Å²) in [6.07, 6.45) is 2.67. The van der Waals surface area contributed by atoms with Gasteiger partial charge in [-0.25, -0.2) is 4.79 Å². The third-order valence-corrected chi connectivity index (χ3v) is 3.52. The van der Waals surface area contributed by atoms with E-state index in [0.717, 1.165) is 25.8 Å². The number of nitrogens with one attached hydrogen (secondary N) is 1. The predicted octanol–water partition coefficient (Wildman–Crippen LogP) is 2.92. The molecule has 120 valence electrons. The van der Waals surface area contributed by atoms with E-state index in [2.05, 4.69) is 11.4 Å². The highest BCUT2D eigenvalue weighted by Crippen LogP contribution is 2.17. The number of amides is 1. The summed E-state index contributed by atoms with van der Waals surface area (Å²) in [5, 5.41) is 12.5. The van der Waals surface area contributed by atoms with Crippen LogP contribution in [0.2, 0.25) is 0 Å². The maximum absolute atomic E-state index is 12.1. The van der Waals surface area contributed by atoms with E-state index in [9.17, 15) is 4.79 Å². The minimum Gasteiger partial charge on any atom is -0.444 e. The van der Waals surface area contributed by atoms with E-state index in [1.165, 1.54) is 0 Å². The van der Waals surface area contributed by atoms with Gasteiger partial charge in [-0.1, -0.05) is 0 Å².